The van der Waals surface area contributed by atoms with Crippen molar-refractivity contribution in [1.29, 1.82) is 0 Å². The van der Waals surface area contributed by atoms with Gasteiger partial charge in [0.15, 0.2) is 0 Å². The number of rotatable bonds is 5. The highest BCUT2D eigenvalue weighted by Gasteiger charge is 2.34. The molecule has 1 aliphatic heterocycles. The van der Waals surface area contributed by atoms with Crippen molar-refractivity contribution in [2.24, 2.45) is 0 Å². The smallest absolute Gasteiger partial charge is 0.263 e. The van der Waals surface area contributed by atoms with Gasteiger partial charge in [-0.25, -0.2) is 4.98 Å². The molecule has 1 aliphatic rings. The number of aromatic nitrogens is 2. The molecule has 160 valence electrons. The maximum absolute atomic E-state index is 12.9. The molecule has 6 nitrogen and oxygen atoms in total. The summed E-state index contributed by atoms with van der Waals surface area (Å²) < 4.78 is 5.74. The fourth-order valence-corrected chi connectivity index (χ4v) is 3.67. The molecule has 1 saturated heterocycles. The van der Waals surface area contributed by atoms with Crippen molar-refractivity contribution in [3.05, 3.63) is 93.7 Å². The molecule has 1 unspecified atom stereocenters. The fraction of sp³-hybridized carbons (Fsp3) is 0.320. The molecule has 2 heterocycles. The molecule has 0 radical (unpaired) electrons. The van der Waals surface area contributed by atoms with Crippen molar-refractivity contribution in [2.75, 3.05) is 6.54 Å². The Labute approximate surface area is 181 Å². The van der Waals surface area contributed by atoms with Crippen LogP contribution in [0.4, 0.5) is 0 Å². The van der Waals surface area contributed by atoms with E-state index < -0.39 is 5.56 Å². The minimum absolute atomic E-state index is 0.00665. The van der Waals surface area contributed by atoms with Gasteiger partial charge in [-0.1, -0.05) is 63.2 Å². The lowest BCUT2D eigenvalue weighted by atomic mass is 9.87. The molecule has 0 aliphatic carbocycles. The summed E-state index contributed by atoms with van der Waals surface area (Å²) in [7, 11) is 0. The first-order chi connectivity index (χ1) is 14.8. The highest BCUT2D eigenvalue weighted by atomic mass is 16.5. The van der Waals surface area contributed by atoms with Crippen LogP contribution in [0.1, 0.15) is 60.5 Å². The largest absolute Gasteiger partial charge is 0.486 e. The summed E-state index contributed by atoms with van der Waals surface area (Å²) in [6.07, 6.45) is 2.24. The van der Waals surface area contributed by atoms with E-state index in [0.717, 1.165) is 12.0 Å². The van der Waals surface area contributed by atoms with E-state index >= 15 is 0 Å². The number of H-pyrrole nitrogens is 1. The lowest BCUT2D eigenvalue weighted by Gasteiger charge is -2.41. The van der Waals surface area contributed by atoms with E-state index in [4.69, 9.17) is 4.74 Å². The van der Waals surface area contributed by atoms with Crippen molar-refractivity contribution < 1.29 is 9.53 Å². The molecule has 3 aromatic rings. The van der Waals surface area contributed by atoms with E-state index in [1.165, 1.54) is 11.8 Å². The lowest BCUT2D eigenvalue weighted by Crippen LogP contribution is -2.46. The van der Waals surface area contributed by atoms with E-state index in [1.807, 2.05) is 54.6 Å². The molecule has 1 fully saturated rings. The van der Waals surface area contributed by atoms with Gasteiger partial charge in [0.2, 0.25) is 0 Å². The molecule has 1 atom stereocenters. The summed E-state index contributed by atoms with van der Waals surface area (Å²) in [6, 6.07) is 17.7. The second-order valence-corrected chi connectivity index (χ2v) is 8.85. The normalized spacial score (nSPS) is 16.0. The number of nitrogens with one attached hydrogen (secondary N) is 1. The molecule has 1 aromatic heterocycles. The van der Waals surface area contributed by atoms with Gasteiger partial charge < -0.3 is 14.6 Å². The maximum atomic E-state index is 12.9. The minimum Gasteiger partial charge on any atom is -0.486 e. The van der Waals surface area contributed by atoms with Gasteiger partial charge in [-0.15, -0.1) is 0 Å². The fourth-order valence-electron chi connectivity index (χ4n) is 3.67. The van der Waals surface area contributed by atoms with Crippen molar-refractivity contribution in [2.45, 2.75) is 45.3 Å². The van der Waals surface area contributed by atoms with Crippen LogP contribution in [-0.4, -0.2) is 27.3 Å². The third-order valence-electron chi connectivity index (χ3n) is 5.64. The predicted molar refractivity (Wildman–Crippen MR) is 119 cm³/mol. The maximum Gasteiger partial charge on any atom is 0.263 e. The van der Waals surface area contributed by atoms with Crippen LogP contribution >= 0.6 is 0 Å². The van der Waals surface area contributed by atoms with Gasteiger partial charge in [0.25, 0.3) is 11.5 Å². The van der Waals surface area contributed by atoms with E-state index in [9.17, 15) is 9.59 Å². The van der Waals surface area contributed by atoms with Gasteiger partial charge in [-0.2, -0.15) is 0 Å². The molecule has 2 aromatic carbocycles. The Balaban J connectivity index is 1.41. The molecular weight excluding hydrogens is 390 g/mol. The topological polar surface area (TPSA) is 75.3 Å². The zero-order valence-corrected chi connectivity index (χ0v) is 18.1. The standard InChI is InChI=1S/C25H27N3O3/c1-25(2,3)18-9-11-19(12-10-18)31-16-22-26-15-20(23(29)27-22)24(30)28-14-13-21(28)17-7-5-4-6-8-17/h4-12,15,21H,13-14,16H2,1-3H3,(H,26,27,29). The Morgan fingerprint density at radius 2 is 1.84 bits per heavy atom. The Bertz CT molecular complexity index is 1120. The van der Waals surface area contributed by atoms with E-state index in [0.29, 0.717) is 18.1 Å². The summed E-state index contributed by atoms with van der Waals surface area (Å²) >= 11 is 0. The van der Waals surface area contributed by atoms with Crippen LogP contribution in [0, 0.1) is 0 Å². The van der Waals surface area contributed by atoms with E-state index in [2.05, 4.69) is 30.7 Å². The van der Waals surface area contributed by atoms with Gasteiger partial charge in [-0.05, 0) is 35.1 Å². The average Bonchev–Trinajstić information content (AvgIpc) is 2.72. The minimum atomic E-state index is -0.444. The molecule has 1 amide bonds. The zero-order valence-electron chi connectivity index (χ0n) is 18.1. The van der Waals surface area contributed by atoms with Crippen molar-refractivity contribution in [1.82, 2.24) is 14.9 Å². The molecule has 31 heavy (non-hydrogen) atoms. The third kappa shape index (κ3) is 4.53. The molecule has 6 heteroatoms. The van der Waals surface area contributed by atoms with Crippen molar-refractivity contribution in [3.63, 3.8) is 0 Å². The highest BCUT2D eigenvalue weighted by Crippen LogP contribution is 2.33. The van der Waals surface area contributed by atoms with Crippen molar-refractivity contribution >= 4 is 5.91 Å². The molecule has 0 saturated carbocycles. The van der Waals surface area contributed by atoms with Crippen LogP contribution < -0.4 is 10.3 Å². The number of carbonyl (C=O) groups excluding carboxylic acids is 1. The average molecular weight is 418 g/mol. The molecule has 0 spiro atoms. The highest BCUT2D eigenvalue weighted by molar-refractivity contribution is 5.94. The monoisotopic (exact) mass is 417 g/mol. The Hall–Kier alpha value is -3.41. The molecule has 0 bridgehead atoms. The van der Waals surface area contributed by atoms with Crippen molar-refractivity contribution in [3.8, 4) is 5.75 Å². The number of likely N-dealkylation sites (tertiary alicyclic amines) is 1. The second kappa shape index (κ2) is 8.38. The van der Waals surface area contributed by atoms with Gasteiger partial charge in [-0.3, -0.25) is 9.59 Å². The number of hydrogen-bond donors (Lipinski definition) is 1. The summed E-state index contributed by atoms with van der Waals surface area (Å²) in [5, 5.41) is 0. The van der Waals surface area contributed by atoms with Gasteiger partial charge in [0.1, 0.15) is 23.7 Å². The van der Waals surface area contributed by atoms with E-state index in [-0.39, 0.29) is 29.5 Å². The van der Waals surface area contributed by atoms with Crippen LogP contribution in [-0.2, 0) is 12.0 Å². The molecule has 4 rings (SSSR count). The first-order valence-corrected chi connectivity index (χ1v) is 10.5. The predicted octanol–water partition coefficient (Wildman–Crippen LogP) is 4.23. The first-order valence-electron chi connectivity index (χ1n) is 10.5. The number of amides is 1. The van der Waals surface area contributed by atoms with Gasteiger partial charge >= 0.3 is 0 Å². The van der Waals surface area contributed by atoms with Gasteiger partial charge in [0.05, 0.1) is 6.04 Å². The third-order valence-corrected chi connectivity index (χ3v) is 5.64. The SMILES string of the molecule is CC(C)(C)c1ccc(OCc2ncc(C(=O)N3CCC3c3ccccc3)c(=O)[nH]2)cc1. The Kier molecular flexibility index (Phi) is 5.63. The second-order valence-electron chi connectivity index (χ2n) is 8.85. The summed E-state index contributed by atoms with van der Waals surface area (Å²) in [5.74, 6) is 0.783. The van der Waals surface area contributed by atoms with Crippen LogP contribution in [0.15, 0.2) is 65.6 Å². The number of ether oxygens (including phenoxy) is 1. The van der Waals surface area contributed by atoms with Crippen LogP contribution in [0.2, 0.25) is 0 Å². The molecular formula is C25H27N3O3. The number of benzene rings is 2. The van der Waals surface area contributed by atoms with Crippen LogP contribution in [0.25, 0.3) is 0 Å². The quantitative estimate of drug-likeness (QED) is 0.674. The number of hydrogen-bond acceptors (Lipinski definition) is 4. The van der Waals surface area contributed by atoms with Crippen LogP contribution in [0.3, 0.4) is 0 Å². The summed E-state index contributed by atoms with van der Waals surface area (Å²) in [6.45, 7) is 7.22. The number of nitrogens with zero attached hydrogens (tertiary/aromatic N) is 2. The lowest BCUT2D eigenvalue weighted by molar-refractivity contribution is 0.0457. The Morgan fingerprint density at radius 3 is 2.42 bits per heavy atom. The summed E-state index contributed by atoms with van der Waals surface area (Å²) in [5.41, 5.74) is 1.98. The zero-order chi connectivity index (χ0) is 22.0. The number of aromatic amines is 1. The molecule has 1 N–H and O–H groups in total. The number of carbonyl (C=O) groups is 1. The first kappa shape index (κ1) is 20.8. The Morgan fingerprint density at radius 1 is 1.13 bits per heavy atom. The van der Waals surface area contributed by atoms with E-state index in [1.54, 1.807) is 4.90 Å². The van der Waals surface area contributed by atoms with Gasteiger partial charge in [0, 0.05) is 12.7 Å². The summed E-state index contributed by atoms with van der Waals surface area (Å²) in [4.78, 5) is 34.0. The van der Waals surface area contributed by atoms with Crippen LogP contribution in [0.5, 0.6) is 5.75 Å².